The van der Waals surface area contributed by atoms with Crippen LogP contribution in [0.25, 0.3) is 0 Å². The molecule has 0 saturated heterocycles. The summed E-state index contributed by atoms with van der Waals surface area (Å²) in [6, 6.07) is 2.98. The Bertz CT molecular complexity index is 593. The summed E-state index contributed by atoms with van der Waals surface area (Å²) >= 11 is 3.00. The van der Waals surface area contributed by atoms with E-state index in [0.29, 0.717) is 0 Å². The summed E-state index contributed by atoms with van der Waals surface area (Å²) in [5.41, 5.74) is -0.0380. The highest BCUT2D eigenvalue weighted by molar-refractivity contribution is 9.10. The van der Waals surface area contributed by atoms with Gasteiger partial charge >= 0.3 is 12.3 Å². The first-order chi connectivity index (χ1) is 11.2. The first kappa shape index (κ1) is 19.0. The molecule has 1 aliphatic carbocycles. The largest absolute Gasteiger partial charge is 0.465 e. The second-order valence-electron chi connectivity index (χ2n) is 5.68. The topological polar surface area (TPSA) is 52.6 Å². The zero-order valence-electron chi connectivity index (χ0n) is 12.6. The molecule has 0 aromatic heterocycles. The molecular weight excluding hydrogens is 396 g/mol. The normalized spacial score (nSPS) is 16.2. The molecule has 1 aromatic rings. The summed E-state index contributed by atoms with van der Waals surface area (Å²) < 4.78 is 53.6. The SMILES string of the molecule is O=C(O)NCCN(C1CC1)C(CC(F)(F)F)c1cccc(Br)c1F. The Morgan fingerprint density at radius 2 is 2.08 bits per heavy atom. The predicted octanol–water partition coefficient (Wildman–Crippen LogP) is 4.31. The average Bonchev–Trinajstić information content (AvgIpc) is 3.28. The number of hydrogen-bond acceptors (Lipinski definition) is 2. The minimum Gasteiger partial charge on any atom is -0.465 e. The maximum absolute atomic E-state index is 14.4. The van der Waals surface area contributed by atoms with E-state index in [1.165, 1.54) is 18.2 Å². The summed E-state index contributed by atoms with van der Waals surface area (Å²) in [6.45, 7) is 0.0689. The number of amides is 1. The molecule has 1 aromatic carbocycles. The van der Waals surface area contributed by atoms with Gasteiger partial charge in [-0.3, -0.25) is 4.90 Å². The third-order valence-electron chi connectivity index (χ3n) is 3.83. The molecule has 1 saturated carbocycles. The molecule has 1 fully saturated rings. The van der Waals surface area contributed by atoms with Crippen LogP contribution in [0.15, 0.2) is 22.7 Å². The molecule has 2 rings (SSSR count). The van der Waals surface area contributed by atoms with Gasteiger partial charge in [0.2, 0.25) is 0 Å². The van der Waals surface area contributed by atoms with Crippen LogP contribution in [0.1, 0.15) is 30.9 Å². The third kappa shape index (κ3) is 5.34. The Labute approximate surface area is 145 Å². The standard InChI is InChI=1S/C15H17BrF4N2O2/c16-11-3-1-2-10(13(11)17)12(8-15(18,19)20)22(9-4-5-9)7-6-21-14(23)24/h1-3,9,12,21H,4-8H2,(H,23,24). The fraction of sp³-hybridized carbons (Fsp3) is 0.533. The van der Waals surface area contributed by atoms with E-state index in [0.717, 1.165) is 12.8 Å². The van der Waals surface area contributed by atoms with Crippen molar-refractivity contribution >= 4 is 22.0 Å². The molecule has 0 heterocycles. The van der Waals surface area contributed by atoms with Crippen molar-refractivity contribution in [2.45, 2.75) is 37.5 Å². The number of carboxylic acid groups (broad SMARTS) is 1. The van der Waals surface area contributed by atoms with Crippen LogP contribution < -0.4 is 5.32 Å². The van der Waals surface area contributed by atoms with Crippen LogP contribution in [0.4, 0.5) is 22.4 Å². The Balaban J connectivity index is 2.28. The van der Waals surface area contributed by atoms with Gasteiger partial charge in [-0.05, 0) is 34.8 Å². The van der Waals surface area contributed by atoms with Gasteiger partial charge in [-0.1, -0.05) is 12.1 Å². The van der Waals surface area contributed by atoms with Gasteiger partial charge in [0.15, 0.2) is 0 Å². The van der Waals surface area contributed by atoms with Crippen molar-refractivity contribution in [1.82, 2.24) is 10.2 Å². The lowest BCUT2D eigenvalue weighted by atomic mass is 10.0. The van der Waals surface area contributed by atoms with Crippen LogP contribution in [0.2, 0.25) is 0 Å². The van der Waals surface area contributed by atoms with Crippen LogP contribution in [0, 0.1) is 5.82 Å². The molecule has 24 heavy (non-hydrogen) atoms. The number of carbonyl (C=O) groups is 1. The molecule has 2 N–H and O–H groups in total. The van der Waals surface area contributed by atoms with Crippen molar-refractivity contribution in [2.24, 2.45) is 0 Å². The zero-order chi connectivity index (χ0) is 17.9. The lowest BCUT2D eigenvalue weighted by molar-refractivity contribution is -0.149. The maximum atomic E-state index is 14.4. The van der Waals surface area contributed by atoms with E-state index in [1.807, 2.05) is 0 Å². The van der Waals surface area contributed by atoms with Crippen molar-refractivity contribution < 1.29 is 27.5 Å². The fourth-order valence-electron chi connectivity index (χ4n) is 2.69. The molecule has 134 valence electrons. The second-order valence-corrected chi connectivity index (χ2v) is 6.53. The predicted molar refractivity (Wildman–Crippen MR) is 83.3 cm³/mol. The molecule has 1 unspecified atom stereocenters. The smallest absolute Gasteiger partial charge is 0.404 e. The Kier molecular flexibility index (Phi) is 6.08. The number of benzene rings is 1. The van der Waals surface area contributed by atoms with Crippen molar-refractivity contribution in [3.63, 3.8) is 0 Å². The molecule has 4 nitrogen and oxygen atoms in total. The van der Waals surface area contributed by atoms with Crippen LogP contribution >= 0.6 is 15.9 Å². The van der Waals surface area contributed by atoms with Crippen molar-refractivity contribution in [3.05, 3.63) is 34.1 Å². The summed E-state index contributed by atoms with van der Waals surface area (Å²) in [5.74, 6) is -0.719. The van der Waals surface area contributed by atoms with Crippen LogP contribution in [-0.2, 0) is 0 Å². The molecule has 0 aliphatic heterocycles. The molecule has 1 amide bonds. The number of alkyl halides is 3. The number of nitrogens with zero attached hydrogens (tertiary/aromatic N) is 1. The monoisotopic (exact) mass is 412 g/mol. The molecular formula is C15H17BrF4N2O2. The van der Waals surface area contributed by atoms with Gasteiger partial charge in [0, 0.05) is 30.7 Å². The highest BCUT2D eigenvalue weighted by Crippen LogP contribution is 2.41. The summed E-state index contributed by atoms with van der Waals surface area (Å²) in [7, 11) is 0. The molecule has 9 heteroatoms. The van der Waals surface area contributed by atoms with Gasteiger partial charge in [0.1, 0.15) is 5.82 Å². The van der Waals surface area contributed by atoms with Gasteiger partial charge in [0.05, 0.1) is 10.9 Å². The lowest BCUT2D eigenvalue weighted by Crippen LogP contribution is -2.40. The lowest BCUT2D eigenvalue weighted by Gasteiger charge is -2.33. The van der Waals surface area contributed by atoms with Crippen molar-refractivity contribution in [1.29, 1.82) is 0 Å². The van der Waals surface area contributed by atoms with E-state index in [4.69, 9.17) is 5.11 Å². The van der Waals surface area contributed by atoms with Crippen molar-refractivity contribution in [2.75, 3.05) is 13.1 Å². The summed E-state index contributed by atoms with van der Waals surface area (Å²) in [4.78, 5) is 12.1. The number of hydrogen-bond donors (Lipinski definition) is 2. The Hall–Kier alpha value is -1.35. The van der Waals surface area contributed by atoms with E-state index in [9.17, 15) is 22.4 Å². The minimum atomic E-state index is -4.47. The third-order valence-corrected chi connectivity index (χ3v) is 4.44. The van der Waals surface area contributed by atoms with E-state index >= 15 is 0 Å². The van der Waals surface area contributed by atoms with Gasteiger partial charge < -0.3 is 10.4 Å². The molecule has 1 aliphatic rings. The van der Waals surface area contributed by atoms with Gasteiger partial charge in [-0.25, -0.2) is 9.18 Å². The van der Waals surface area contributed by atoms with Gasteiger partial charge in [-0.2, -0.15) is 13.2 Å². The number of nitrogens with one attached hydrogen (secondary N) is 1. The fourth-order valence-corrected chi connectivity index (χ4v) is 3.08. The molecule has 0 spiro atoms. The minimum absolute atomic E-state index is 0.0180. The first-order valence-corrected chi connectivity index (χ1v) is 8.21. The summed E-state index contributed by atoms with van der Waals surface area (Å²) in [6.07, 6.45) is -5.46. The number of rotatable bonds is 7. The molecule has 1 atom stereocenters. The molecule has 0 bridgehead atoms. The Morgan fingerprint density at radius 3 is 2.62 bits per heavy atom. The first-order valence-electron chi connectivity index (χ1n) is 7.42. The van der Waals surface area contributed by atoms with E-state index in [2.05, 4.69) is 21.2 Å². The Morgan fingerprint density at radius 1 is 1.42 bits per heavy atom. The van der Waals surface area contributed by atoms with E-state index in [1.54, 1.807) is 4.90 Å². The summed E-state index contributed by atoms with van der Waals surface area (Å²) in [5, 5.41) is 10.8. The number of halogens is 5. The van der Waals surface area contributed by atoms with E-state index < -0.39 is 30.5 Å². The zero-order valence-corrected chi connectivity index (χ0v) is 14.2. The highest BCUT2D eigenvalue weighted by atomic mass is 79.9. The highest BCUT2D eigenvalue weighted by Gasteiger charge is 2.41. The molecule has 0 radical (unpaired) electrons. The second kappa shape index (κ2) is 7.69. The van der Waals surface area contributed by atoms with E-state index in [-0.39, 0.29) is 29.2 Å². The van der Waals surface area contributed by atoms with Crippen LogP contribution in [0.3, 0.4) is 0 Å². The quantitative estimate of drug-likeness (QED) is 0.655. The maximum Gasteiger partial charge on any atom is 0.404 e. The van der Waals surface area contributed by atoms with Crippen molar-refractivity contribution in [3.8, 4) is 0 Å². The van der Waals surface area contributed by atoms with Gasteiger partial charge in [-0.15, -0.1) is 0 Å². The van der Waals surface area contributed by atoms with Gasteiger partial charge in [0.25, 0.3) is 0 Å². The average molecular weight is 413 g/mol. The van der Waals surface area contributed by atoms with Crippen LogP contribution in [0.5, 0.6) is 0 Å². The van der Waals surface area contributed by atoms with Crippen LogP contribution in [-0.4, -0.2) is 41.4 Å².